The largest absolute Gasteiger partial charge is 0.353 e. The van der Waals surface area contributed by atoms with Crippen LogP contribution >= 0.6 is 0 Å². The fraction of sp³-hybridized carbons (Fsp3) is 0.235. The fourth-order valence-electron chi connectivity index (χ4n) is 2.96. The first-order chi connectivity index (χ1) is 11.3. The smallest absolute Gasteiger partial charge is 0.140 e. The molecule has 6 heteroatoms. The molecule has 0 saturated carbocycles. The van der Waals surface area contributed by atoms with E-state index in [0.29, 0.717) is 0 Å². The van der Waals surface area contributed by atoms with Crippen LogP contribution in [0.5, 0.6) is 0 Å². The van der Waals surface area contributed by atoms with Gasteiger partial charge in [-0.15, -0.1) is 0 Å². The third-order valence-corrected chi connectivity index (χ3v) is 4.13. The molecule has 0 unspecified atom stereocenters. The zero-order chi connectivity index (χ0) is 15.6. The number of rotatable bonds is 2. The molecule has 3 heterocycles. The molecule has 1 aliphatic heterocycles. The molecule has 23 heavy (non-hydrogen) atoms. The van der Waals surface area contributed by atoms with E-state index in [1.165, 1.54) is 12.1 Å². The molecule has 0 spiro atoms. The van der Waals surface area contributed by atoms with Crippen LogP contribution < -0.4 is 9.80 Å². The zero-order valence-corrected chi connectivity index (χ0v) is 12.6. The second-order valence-electron chi connectivity index (χ2n) is 5.52. The summed E-state index contributed by atoms with van der Waals surface area (Å²) in [6.07, 6.45) is 3.35. The van der Waals surface area contributed by atoms with Gasteiger partial charge in [0.05, 0.1) is 5.52 Å². The third kappa shape index (κ3) is 2.67. The summed E-state index contributed by atoms with van der Waals surface area (Å²) >= 11 is 0. The van der Waals surface area contributed by atoms with E-state index in [2.05, 4.69) is 24.8 Å². The van der Waals surface area contributed by atoms with Gasteiger partial charge in [-0.05, 0) is 30.3 Å². The minimum atomic E-state index is -0.263. The van der Waals surface area contributed by atoms with Crippen LogP contribution in [-0.2, 0) is 0 Å². The van der Waals surface area contributed by atoms with Crippen molar-refractivity contribution in [1.29, 1.82) is 0 Å². The van der Waals surface area contributed by atoms with Crippen molar-refractivity contribution in [2.24, 2.45) is 0 Å². The molecule has 0 bridgehead atoms. The highest BCUT2D eigenvalue weighted by molar-refractivity contribution is 5.89. The van der Waals surface area contributed by atoms with Crippen LogP contribution in [0.2, 0.25) is 0 Å². The number of fused-ring (bicyclic) bond motifs is 1. The van der Waals surface area contributed by atoms with Gasteiger partial charge in [0, 0.05) is 37.8 Å². The Balaban J connectivity index is 1.58. The number of pyridine rings is 1. The average molecular weight is 309 g/mol. The number of hydrogen-bond acceptors (Lipinski definition) is 5. The molecule has 3 aromatic rings. The minimum Gasteiger partial charge on any atom is -0.353 e. The lowest BCUT2D eigenvalue weighted by molar-refractivity contribution is 0.628. The van der Waals surface area contributed by atoms with Crippen LogP contribution in [0, 0.1) is 5.82 Å². The number of halogens is 1. The Morgan fingerprint density at radius 3 is 2.48 bits per heavy atom. The molecule has 0 radical (unpaired) electrons. The first-order valence-electron chi connectivity index (χ1n) is 7.62. The maximum absolute atomic E-state index is 13.6. The number of hydrogen-bond donors (Lipinski definition) is 0. The highest BCUT2D eigenvalue weighted by atomic mass is 19.1. The first-order valence-corrected chi connectivity index (χ1v) is 7.62. The van der Waals surface area contributed by atoms with Crippen molar-refractivity contribution in [1.82, 2.24) is 15.0 Å². The van der Waals surface area contributed by atoms with Crippen molar-refractivity contribution < 1.29 is 4.39 Å². The molecule has 2 aromatic heterocycles. The van der Waals surface area contributed by atoms with E-state index in [-0.39, 0.29) is 5.82 Å². The van der Waals surface area contributed by atoms with Crippen molar-refractivity contribution >= 4 is 22.5 Å². The number of aromatic nitrogens is 3. The van der Waals surface area contributed by atoms with Gasteiger partial charge in [0.25, 0.3) is 0 Å². The van der Waals surface area contributed by atoms with E-state index >= 15 is 0 Å². The summed E-state index contributed by atoms with van der Waals surface area (Å²) < 4.78 is 13.6. The Morgan fingerprint density at radius 2 is 1.70 bits per heavy atom. The predicted octanol–water partition coefficient (Wildman–Crippen LogP) is 2.49. The molecule has 4 rings (SSSR count). The van der Waals surface area contributed by atoms with Gasteiger partial charge < -0.3 is 9.80 Å². The molecular formula is C17H16FN5. The number of benzene rings is 1. The van der Waals surface area contributed by atoms with E-state index in [9.17, 15) is 4.39 Å². The summed E-state index contributed by atoms with van der Waals surface area (Å²) in [5.74, 6) is 1.53. The van der Waals surface area contributed by atoms with Crippen molar-refractivity contribution in [3.8, 4) is 0 Å². The van der Waals surface area contributed by atoms with E-state index < -0.39 is 0 Å². The second-order valence-corrected chi connectivity index (χ2v) is 5.52. The van der Waals surface area contributed by atoms with Crippen molar-refractivity contribution in [3.63, 3.8) is 0 Å². The minimum absolute atomic E-state index is 0.263. The van der Waals surface area contributed by atoms with Crippen LogP contribution in [0.3, 0.4) is 0 Å². The van der Waals surface area contributed by atoms with Gasteiger partial charge in [0.1, 0.15) is 23.8 Å². The SMILES string of the molecule is Fc1ccc2ncnc(N3CCN(c4ccccn4)CC3)c2c1. The average Bonchev–Trinajstić information content (AvgIpc) is 2.62. The lowest BCUT2D eigenvalue weighted by Gasteiger charge is -2.36. The Bertz CT molecular complexity index is 816. The maximum Gasteiger partial charge on any atom is 0.140 e. The normalized spacial score (nSPS) is 15.2. The fourth-order valence-corrected chi connectivity index (χ4v) is 2.96. The molecule has 1 saturated heterocycles. The zero-order valence-electron chi connectivity index (χ0n) is 12.6. The van der Waals surface area contributed by atoms with Crippen LogP contribution in [0.1, 0.15) is 0 Å². The molecule has 5 nitrogen and oxygen atoms in total. The summed E-state index contributed by atoms with van der Waals surface area (Å²) in [6, 6.07) is 10.6. The standard InChI is InChI=1S/C17H16FN5/c18-13-4-5-15-14(11-13)17(21-12-20-15)23-9-7-22(8-10-23)16-3-1-2-6-19-16/h1-6,11-12H,7-10H2. The highest BCUT2D eigenvalue weighted by Crippen LogP contribution is 2.25. The molecule has 1 aromatic carbocycles. The van der Waals surface area contributed by atoms with Crippen LogP contribution in [0.25, 0.3) is 10.9 Å². The number of anilines is 2. The Morgan fingerprint density at radius 1 is 0.870 bits per heavy atom. The quantitative estimate of drug-likeness (QED) is 0.728. The second kappa shape index (κ2) is 5.79. The van der Waals surface area contributed by atoms with Gasteiger partial charge in [-0.1, -0.05) is 6.07 Å². The van der Waals surface area contributed by atoms with Crippen molar-refractivity contribution in [2.45, 2.75) is 0 Å². The lowest BCUT2D eigenvalue weighted by Crippen LogP contribution is -2.47. The Hall–Kier alpha value is -2.76. The van der Waals surface area contributed by atoms with Gasteiger partial charge >= 0.3 is 0 Å². The Labute approximate surface area is 133 Å². The van der Waals surface area contributed by atoms with Gasteiger partial charge in [0.15, 0.2) is 0 Å². The Kier molecular flexibility index (Phi) is 3.49. The van der Waals surface area contributed by atoms with Crippen LogP contribution in [0.15, 0.2) is 48.9 Å². The molecule has 1 fully saturated rings. The summed E-state index contributed by atoms with van der Waals surface area (Å²) in [4.78, 5) is 17.4. The summed E-state index contributed by atoms with van der Waals surface area (Å²) in [6.45, 7) is 3.36. The molecule has 0 N–H and O–H groups in total. The van der Waals surface area contributed by atoms with Gasteiger partial charge in [-0.25, -0.2) is 19.3 Å². The van der Waals surface area contributed by atoms with Gasteiger partial charge in [0.2, 0.25) is 0 Å². The van der Waals surface area contributed by atoms with Crippen molar-refractivity contribution in [2.75, 3.05) is 36.0 Å². The summed E-state index contributed by atoms with van der Waals surface area (Å²) in [5, 5.41) is 0.763. The van der Waals surface area contributed by atoms with E-state index in [4.69, 9.17) is 0 Å². The van der Waals surface area contributed by atoms with Crippen LogP contribution in [0.4, 0.5) is 16.0 Å². The maximum atomic E-state index is 13.6. The van der Waals surface area contributed by atoms with E-state index in [1.807, 2.05) is 24.4 Å². The summed E-state index contributed by atoms with van der Waals surface area (Å²) in [7, 11) is 0. The monoisotopic (exact) mass is 309 g/mol. The van der Waals surface area contributed by atoms with Gasteiger partial charge in [-0.2, -0.15) is 0 Å². The number of piperazine rings is 1. The number of nitrogens with zero attached hydrogens (tertiary/aromatic N) is 5. The highest BCUT2D eigenvalue weighted by Gasteiger charge is 2.20. The topological polar surface area (TPSA) is 45.2 Å². The third-order valence-electron chi connectivity index (χ3n) is 4.13. The molecule has 0 atom stereocenters. The van der Waals surface area contributed by atoms with Crippen molar-refractivity contribution in [3.05, 3.63) is 54.7 Å². The molecule has 0 aliphatic carbocycles. The predicted molar refractivity (Wildman–Crippen MR) is 88.2 cm³/mol. The molecule has 116 valence electrons. The van der Waals surface area contributed by atoms with E-state index in [1.54, 1.807) is 12.4 Å². The molecular weight excluding hydrogens is 293 g/mol. The van der Waals surface area contributed by atoms with Crippen LogP contribution in [-0.4, -0.2) is 41.1 Å². The molecule has 1 aliphatic rings. The van der Waals surface area contributed by atoms with Gasteiger partial charge in [-0.3, -0.25) is 0 Å². The summed E-state index contributed by atoms with van der Waals surface area (Å²) in [5.41, 5.74) is 0.767. The first kappa shape index (κ1) is 13.9. The lowest BCUT2D eigenvalue weighted by atomic mass is 10.2. The van der Waals surface area contributed by atoms with E-state index in [0.717, 1.165) is 48.7 Å². The molecule has 0 amide bonds.